The zero-order valence-corrected chi connectivity index (χ0v) is 12.7. The van der Waals surface area contributed by atoms with Gasteiger partial charge in [0, 0.05) is 13.2 Å². The third-order valence-corrected chi connectivity index (χ3v) is 1.77. The van der Waals surface area contributed by atoms with Crippen LogP contribution in [0.3, 0.4) is 0 Å². The monoisotopic (exact) mass is 337 g/mol. The lowest BCUT2D eigenvalue weighted by atomic mass is 10.1. The van der Waals surface area contributed by atoms with Crippen LogP contribution in [0.5, 0.6) is 0 Å². The van der Waals surface area contributed by atoms with Crippen LogP contribution in [0.4, 0.5) is 0 Å². The fourth-order valence-electron chi connectivity index (χ4n) is 0.660. The van der Waals surface area contributed by atoms with E-state index < -0.39 is 25.4 Å². The molecule has 0 aromatic heterocycles. The van der Waals surface area contributed by atoms with Gasteiger partial charge < -0.3 is 25.8 Å². The van der Waals surface area contributed by atoms with Crippen LogP contribution in [0.25, 0.3) is 0 Å². The SMILES string of the molecule is C1CCOC1.Cl.Cl.Cl.Cl.NC(CO)(CO)CO. The van der Waals surface area contributed by atoms with Gasteiger partial charge in [-0.3, -0.25) is 0 Å². The van der Waals surface area contributed by atoms with Gasteiger partial charge in [0.1, 0.15) is 0 Å². The fourth-order valence-corrected chi connectivity index (χ4v) is 0.660. The number of halogens is 4. The van der Waals surface area contributed by atoms with E-state index in [9.17, 15) is 0 Å². The van der Waals surface area contributed by atoms with Gasteiger partial charge in [0.2, 0.25) is 0 Å². The van der Waals surface area contributed by atoms with Gasteiger partial charge in [0.05, 0.1) is 25.4 Å². The molecule has 17 heavy (non-hydrogen) atoms. The molecule has 0 amide bonds. The van der Waals surface area contributed by atoms with E-state index in [2.05, 4.69) is 0 Å². The highest BCUT2D eigenvalue weighted by Gasteiger charge is 2.20. The number of aliphatic hydroxyl groups is 3. The maximum atomic E-state index is 8.34. The minimum Gasteiger partial charge on any atom is -0.394 e. The van der Waals surface area contributed by atoms with Crippen LogP contribution in [0.1, 0.15) is 12.8 Å². The Morgan fingerprint density at radius 3 is 1.18 bits per heavy atom. The van der Waals surface area contributed by atoms with Gasteiger partial charge >= 0.3 is 0 Å². The number of aliphatic hydroxyl groups excluding tert-OH is 3. The predicted octanol–water partition coefficient (Wildman–Crippen LogP) is 0.145. The van der Waals surface area contributed by atoms with Gasteiger partial charge in [-0.05, 0) is 12.8 Å². The summed E-state index contributed by atoms with van der Waals surface area (Å²) in [6.45, 7) is 0.792. The highest BCUT2D eigenvalue weighted by molar-refractivity contribution is 5.86. The van der Waals surface area contributed by atoms with Crippen molar-refractivity contribution in [1.82, 2.24) is 0 Å². The highest BCUT2D eigenvalue weighted by Crippen LogP contribution is 1.98. The second-order valence-electron chi connectivity index (χ2n) is 3.16. The molecule has 1 aliphatic heterocycles. The Bertz CT molecular complexity index is 110. The molecule has 1 heterocycles. The number of ether oxygens (including phenoxy) is 1. The van der Waals surface area contributed by atoms with Gasteiger partial charge in [0.15, 0.2) is 0 Å². The Kier molecular flexibility index (Phi) is 34.9. The molecular formula is C8H23Cl4NO4. The highest BCUT2D eigenvalue weighted by atomic mass is 35.5. The van der Waals surface area contributed by atoms with Crippen molar-refractivity contribution >= 4 is 49.6 Å². The Balaban J connectivity index is -0.0000000478. The molecular weight excluding hydrogens is 316 g/mol. The predicted molar refractivity (Wildman–Crippen MR) is 77.2 cm³/mol. The van der Waals surface area contributed by atoms with Crippen LogP contribution in [-0.2, 0) is 4.74 Å². The standard InChI is InChI=1S/C4H11NO3.C4H8O.4ClH/c5-4(1-6,2-7)3-8;1-2-4-5-3-1;;;;/h6-8H,1-3,5H2;1-4H2;4*1H. The molecule has 1 fully saturated rings. The van der Waals surface area contributed by atoms with Gasteiger partial charge in [-0.1, -0.05) is 0 Å². The van der Waals surface area contributed by atoms with Gasteiger partial charge in [0.25, 0.3) is 0 Å². The summed E-state index contributed by atoms with van der Waals surface area (Å²) in [5, 5.41) is 25.0. The van der Waals surface area contributed by atoms with E-state index in [0.717, 1.165) is 13.2 Å². The maximum Gasteiger partial charge on any atom is 0.0856 e. The molecule has 0 atom stereocenters. The van der Waals surface area contributed by atoms with Crippen molar-refractivity contribution in [3.05, 3.63) is 0 Å². The summed E-state index contributed by atoms with van der Waals surface area (Å²) in [7, 11) is 0. The topological polar surface area (TPSA) is 95.9 Å². The Hall–Kier alpha value is 0.960. The van der Waals surface area contributed by atoms with Crippen molar-refractivity contribution in [3.63, 3.8) is 0 Å². The summed E-state index contributed by atoms with van der Waals surface area (Å²) in [4.78, 5) is 0. The number of hydrogen-bond acceptors (Lipinski definition) is 5. The van der Waals surface area contributed by atoms with Crippen LogP contribution in [0, 0.1) is 0 Å². The van der Waals surface area contributed by atoms with Crippen LogP contribution in [0.15, 0.2) is 0 Å². The van der Waals surface area contributed by atoms with Gasteiger partial charge in [-0.25, -0.2) is 0 Å². The zero-order valence-electron chi connectivity index (χ0n) is 9.41. The zero-order chi connectivity index (χ0) is 10.2. The minimum atomic E-state index is -1.21. The molecule has 0 spiro atoms. The van der Waals surface area contributed by atoms with Gasteiger partial charge in [-0.2, -0.15) is 0 Å². The minimum absolute atomic E-state index is 0. The van der Waals surface area contributed by atoms with Crippen molar-refractivity contribution < 1.29 is 20.1 Å². The quantitative estimate of drug-likeness (QED) is 0.587. The molecule has 0 saturated carbocycles. The van der Waals surface area contributed by atoms with Crippen molar-refractivity contribution in [2.75, 3.05) is 33.0 Å². The second-order valence-corrected chi connectivity index (χ2v) is 3.16. The first kappa shape index (κ1) is 30.8. The van der Waals surface area contributed by atoms with E-state index in [1.54, 1.807) is 0 Å². The van der Waals surface area contributed by atoms with Crippen LogP contribution in [-0.4, -0.2) is 53.9 Å². The van der Waals surface area contributed by atoms with Crippen molar-refractivity contribution in [1.29, 1.82) is 0 Å². The first-order valence-electron chi connectivity index (χ1n) is 4.38. The molecule has 0 radical (unpaired) electrons. The normalized spacial score (nSPS) is 12.7. The van der Waals surface area contributed by atoms with E-state index in [0.29, 0.717) is 0 Å². The van der Waals surface area contributed by atoms with E-state index in [-0.39, 0.29) is 49.6 Å². The summed E-state index contributed by atoms with van der Waals surface area (Å²) in [5.74, 6) is 0. The van der Waals surface area contributed by atoms with E-state index in [1.807, 2.05) is 0 Å². The molecule has 1 saturated heterocycles. The molecule has 0 unspecified atom stereocenters. The summed E-state index contributed by atoms with van der Waals surface area (Å²) >= 11 is 0. The lowest BCUT2D eigenvalue weighted by Gasteiger charge is -2.20. The van der Waals surface area contributed by atoms with Crippen LogP contribution in [0.2, 0.25) is 0 Å². The molecule has 0 bridgehead atoms. The maximum absolute atomic E-state index is 8.34. The Morgan fingerprint density at radius 1 is 0.824 bits per heavy atom. The average molecular weight is 339 g/mol. The molecule has 0 aromatic rings. The fraction of sp³-hybridized carbons (Fsp3) is 1.00. The second kappa shape index (κ2) is 19.3. The van der Waals surface area contributed by atoms with Crippen molar-refractivity contribution in [3.8, 4) is 0 Å². The lowest BCUT2D eigenvalue weighted by Crippen LogP contribution is -2.50. The number of rotatable bonds is 3. The molecule has 5 N–H and O–H groups in total. The van der Waals surface area contributed by atoms with E-state index in [4.69, 9.17) is 25.8 Å². The lowest BCUT2D eigenvalue weighted by molar-refractivity contribution is 0.0698. The average Bonchev–Trinajstić information content (AvgIpc) is 2.75. The first-order valence-corrected chi connectivity index (χ1v) is 4.38. The van der Waals surface area contributed by atoms with E-state index in [1.165, 1.54) is 12.8 Å². The van der Waals surface area contributed by atoms with E-state index >= 15 is 0 Å². The first-order chi connectivity index (χ1) is 6.18. The molecule has 5 nitrogen and oxygen atoms in total. The molecule has 112 valence electrons. The summed E-state index contributed by atoms with van der Waals surface area (Å²) in [6, 6.07) is 0. The smallest absolute Gasteiger partial charge is 0.0856 e. The molecule has 0 aliphatic carbocycles. The summed E-state index contributed by atoms with van der Waals surface area (Å²) in [5.41, 5.74) is 3.94. The molecule has 9 heteroatoms. The van der Waals surface area contributed by atoms with Crippen LogP contribution < -0.4 is 5.73 Å². The van der Waals surface area contributed by atoms with Crippen molar-refractivity contribution in [2.24, 2.45) is 5.73 Å². The van der Waals surface area contributed by atoms with Crippen LogP contribution >= 0.6 is 49.6 Å². The number of hydrogen-bond donors (Lipinski definition) is 4. The molecule has 0 aromatic carbocycles. The summed E-state index contributed by atoms with van der Waals surface area (Å²) < 4.78 is 4.94. The largest absolute Gasteiger partial charge is 0.394 e. The van der Waals surface area contributed by atoms with Crippen molar-refractivity contribution in [2.45, 2.75) is 18.4 Å². The molecule has 1 aliphatic rings. The Labute approximate surface area is 127 Å². The third-order valence-electron chi connectivity index (χ3n) is 1.77. The summed E-state index contributed by atoms with van der Waals surface area (Å²) in [6.07, 6.45) is 2.56. The number of nitrogens with two attached hydrogens (primary N) is 1. The third kappa shape index (κ3) is 17.0. The molecule has 1 rings (SSSR count). The van der Waals surface area contributed by atoms with Gasteiger partial charge in [-0.15, -0.1) is 49.6 Å². The Morgan fingerprint density at radius 2 is 1.12 bits per heavy atom.